The van der Waals surface area contributed by atoms with E-state index in [0.29, 0.717) is 30.5 Å². The predicted molar refractivity (Wildman–Crippen MR) is 156 cm³/mol. The van der Waals surface area contributed by atoms with Crippen molar-refractivity contribution in [2.75, 3.05) is 26.4 Å². The standard InChI is InChI=1S/C30H36ClN3O6S/c1-30(2)39-17-23(40-30)29(36)34(10-12-38-26-9-5-6-11-37-26)27-21-8-4-3-7-18(21)14-22(27)33-25(35)16-20-13-19-15-24(31)41-28(19)32-20/h3-4,7-8,13,15,22-23,26-27,32H,5-6,9-12,14,16-17H2,1-2H3,(H,33,35)/t22-,23?,26?,27-/m1/s1. The van der Waals surface area contributed by atoms with Crippen LogP contribution in [-0.4, -0.2) is 72.3 Å². The van der Waals surface area contributed by atoms with Gasteiger partial charge in [-0.15, -0.1) is 11.3 Å². The number of rotatable bonds is 9. The van der Waals surface area contributed by atoms with Crippen molar-refractivity contribution in [2.45, 2.75) is 76.2 Å². The molecule has 2 unspecified atom stereocenters. The zero-order chi connectivity index (χ0) is 28.6. The summed E-state index contributed by atoms with van der Waals surface area (Å²) in [5.41, 5.74) is 2.95. The normalized spacial score (nSPS) is 25.3. The Bertz CT molecular complexity index is 1370. The minimum atomic E-state index is -0.840. The molecular weight excluding hydrogens is 566 g/mol. The van der Waals surface area contributed by atoms with Gasteiger partial charge in [-0.25, -0.2) is 0 Å². The van der Waals surface area contributed by atoms with E-state index in [9.17, 15) is 9.59 Å². The van der Waals surface area contributed by atoms with Gasteiger partial charge in [-0.3, -0.25) is 9.59 Å². The molecule has 0 bridgehead atoms. The van der Waals surface area contributed by atoms with Gasteiger partial charge in [0.2, 0.25) is 5.91 Å². The molecule has 0 spiro atoms. The molecule has 220 valence electrons. The highest BCUT2D eigenvalue weighted by atomic mass is 35.5. The number of aromatic nitrogens is 1. The molecule has 2 saturated heterocycles. The molecule has 4 atom stereocenters. The maximum Gasteiger partial charge on any atom is 0.254 e. The van der Waals surface area contributed by atoms with E-state index in [1.54, 1.807) is 13.8 Å². The van der Waals surface area contributed by atoms with Crippen molar-refractivity contribution < 1.29 is 28.5 Å². The first-order valence-corrected chi connectivity index (χ1v) is 15.4. The van der Waals surface area contributed by atoms with Gasteiger partial charge in [0.1, 0.15) is 4.83 Å². The van der Waals surface area contributed by atoms with Crippen molar-refractivity contribution >= 4 is 45.0 Å². The fourth-order valence-electron chi connectivity index (χ4n) is 6.07. The average molecular weight is 602 g/mol. The monoisotopic (exact) mass is 601 g/mol. The second kappa shape index (κ2) is 12.0. The van der Waals surface area contributed by atoms with Gasteiger partial charge in [0.25, 0.3) is 5.91 Å². The van der Waals surface area contributed by atoms with Crippen LogP contribution in [-0.2, 0) is 41.4 Å². The number of amides is 2. The van der Waals surface area contributed by atoms with Crippen LogP contribution in [0.15, 0.2) is 36.4 Å². The molecule has 41 heavy (non-hydrogen) atoms. The highest BCUT2D eigenvalue weighted by Gasteiger charge is 2.45. The van der Waals surface area contributed by atoms with Gasteiger partial charge < -0.3 is 34.1 Å². The summed E-state index contributed by atoms with van der Waals surface area (Å²) in [5.74, 6) is -1.13. The Morgan fingerprint density at radius 3 is 2.85 bits per heavy atom. The Morgan fingerprint density at radius 1 is 1.24 bits per heavy atom. The molecular formula is C30H36ClN3O6S. The smallest absolute Gasteiger partial charge is 0.254 e. The zero-order valence-corrected chi connectivity index (χ0v) is 24.9. The Labute approximate surface area is 248 Å². The molecule has 2 fully saturated rings. The summed E-state index contributed by atoms with van der Waals surface area (Å²) in [4.78, 5) is 33.4. The highest BCUT2D eigenvalue weighted by Crippen LogP contribution is 2.38. The van der Waals surface area contributed by atoms with E-state index in [1.165, 1.54) is 11.3 Å². The summed E-state index contributed by atoms with van der Waals surface area (Å²) >= 11 is 7.56. The molecule has 2 aliphatic heterocycles. The lowest BCUT2D eigenvalue weighted by atomic mass is 10.0. The SMILES string of the molecule is CC1(C)OCC(C(=O)N(CCOC2CCCCO2)[C@@H]2c3ccccc3C[C@H]2NC(=O)Cc2cc3cc(Cl)sc3[nH]2)O1. The average Bonchev–Trinajstić information content (AvgIpc) is 3.68. The number of nitrogens with one attached hydrogen (secondary N) is 2. The molecule has 1 aliphatic carbocycles. The summed E-state index contributed by atoms with van der Waals surface area (Å²) in [7, 11) is 0. The Hall–Kier alpha value is -2.47. The largest absolute Gasteiger partial charge is 0.353 e. The molecule has 4 heterocycles. The van der Waals surface area contributed by atoms with E-state index >= 15 is 0 Å². The number of nitrogens with zero attached hydrogens (tertiary/aromatic N) is 1. The fraction of sp³-hybridized carbons (Fsp3) is 0.533. The van der Waals surface area contributed by atoms with Crippen LogP contribution in [0.5, 0.6) is 0 Å². The van der Waals surface area contributed by atoms with Gasteiger partial charge in [0, 0.05) is 24.2 Å². The highest BCUT2D eigenvalue weighted by molar-refractivity contribution is 7.22. The van der Waals surface area contributed by atoms with Gasteiger partial charge in [-0.1, -0.05) is 35.9 Å². The minimum Gasteiger partial charge on any atom is -0.353 e. The molecule has 0 saturated carbocycles. The third-order valence-corrected chi connectivity index (χ3v) is 9.10. The zero-order valence-electron chi connectivity index (χ0n) is 23.3. The van der Waals surface area contributed by atoms with Gasteiger partial charge in [0.15, 0.2) is 18.2 Å². The van der Waals surface area contributed by atoms with Crippen molar-refractivity contribution in [1.29, 1.82) is 0 Å². The van der Waals surface area contributed by atoms with Gasteiger partial charge in [-0.05, 0) is 62.8 Å². The lowest BCUT2D eigenvalue weighted by molar-refractivity contribution is -0.173. The molecule has 2 N–H and O–H groups in total. The van der Waals surface area contributed by atoms with Crippen molar-refractivity contribution in [3.63, 3.8) is 0 Å². The van der Waals surface area contributed by atoms with Crippen LogP contribution < -0.4 is 5.32 Å². The Morgan fingerprint density at radius 2 is 2.10 bits per heavy atom. The van der Waals surface area contributed by atoms with Crippen LogP contribution in [0.2, 0.25) is 4.34 Å². The van der Waals surface area contributed by atoms with Crippen molar-refractivity contribution in [3.8, 4) is 0 Å². The second-order valence-electron chi connectivity index (χ2n) is 11.3. The first kappa shape index (κ1) is 28.6. The molecule has 11 heteroatoms. The van der Waals surface area contributed by atoms with Crippen LogP contribution in [0, 0.1) is 0 Å². The molecule has 3 aliphatic rings. The maximum absolute atomic E-state index is 14.0. The van der Waals surface area contributed by atoms with E-state index in [2.05, 4.69) is 16.4 Å². The molecule has 6 rings (SSSR count). The van der Waals surface area contributed by atoms with E-state index in [0.717, 1.165) is 46.3 Å². The lowest BCUT2D eigenvalue weighted by Gasteiger charge is -2.36. The number of hydrogen-bond acceptors (Lipinski definition) is 7. The van der Waals surface area contributed by atoms with Crippen LogP contribution in [0.25, 0.3) is 10.2 Å². The predicted octanol–water partition coefficient (Wildman–Crippen LogP) is 4.73. The molecule has 2 aromatic heterocycles. The summed E-state index contributed by atoms with van der Waals surface area (Å²) in [6.07, 6.45) is 2.75. The first-order chi connectivity index (χ1) is 19.8. The van der Waals surface area contributed by atoms with Gasteiger partial charge in [0.05, 0.1) is 36.1 Å². The molecule has 0 radical (unpaired) electrons. The van der Waals surface area contributed by atoms with Gasteiger partial charge in [-0.2, -0.15) is 0 Å². The number of benzene rings is 1. The number of thiophene rings is 1. The van der Waals surface area contributed by atoms with Crippen LogP contribution in [0.3, 0.4) is 0 Å². The quantitative estimate of drug-likeness (QED) is 0.368. The third-order valence-electron chi connectivity index (χ3n) is 7.90. The van der Waals surface area contributed by atoms with E-state index in [1.807, 2.05) is 35.2 Å². The van der Waals surface area contributed by atoms with Crippen LogP contribution >= 0.6 is 22.9 Å². The summed E-state index contributed by atoms with van der Waals surface area (Å²) in [6, 6.07) is 11.2. The number of carbonyl (C=O) groups is 2. The number of aromatic amines is 1. The van der Waals surface area contributed by atoms with E-state index in [4.69, 9.17) is 30.5 Å². The number of carbonyl (C=O) groups excluding carboxylic acids is 2. The number of H-pyrrole nitrogens is 1. The minimum absolute atomic E-state index is 0.117. The number of halogens is 1. The van der Waals surface area contributed by atoms with Crippen molar-refractivity contribution in [2.24, 2.45) is 0 Å². The van der Waals surface area contributed by atoms with Crippen LogP contribution in [0.4, 0.5) is 0 Å². The molecule has 1 aromatic carbocycles. The van der Waals surface area contributed by atoms with Crippen LogP contribution in [0.1, 0.15) is 56.0 Å². The van der Waals surface area contributed by atoms with Gasteiger partial charge >= 0.3 is 0 Å². The molecule has 2 amide bonds. The summed E-state index contributed by atoms with van der Waals surface area (Å²) in [5, 5.41) is 4.24. The number of hydrogen-bond donors (Lipinski definition) is 2. The van der Waals surface area contributed by atoms with E-state index < -0.39 is 11.9 Å². The van der Waals surface area contributed by atoms with Crippen molar-refractivity contribution in [1.82, 2.24) is 15.2 Å². The summed E-state index contributed by atoms with van der Waals surface area (Å²) in [6.45, 7) is 5.12. The first-order valence-electron chi connectivity index (χ1n) is 14.3. The Kier molecular flexibility index (Phi) is 8.40. The number of fused-ring (bicyclic) bond motifs is 2. The second-order valence-corrected chi connectivity index (χ2v) is 13.0. The van der Waals surface area contributed by atoms with Crippen molar-refractivity contribution in [3.05, 3.63) is 57.6 Å². The Balaban J connectivity index is 1.22. The van der Waals surface area contributed by atoms with E-state index in [-0.39, 0.29) is 43.2 Å². The molecule has 9 nitrogen and oxygen atoms in total. The summed E-state index contributed by atoms with van der Waals surface area (Å²) < 4.78 is 24.2. The number of ether oxygens (including phenoxy) is 4. The molecule has 3 aromatic rings. The lowest BCUT2D eigenvalue weighted by Crippen LogP contribution is -2.51. The maximum atomic E-state index is 14.0. The topological polar surface area (TPSA) is 102 Å². The fourth-order valence-corrected chi connectivity index (χ4v) is 7.22. The third kappa shape index (κ3) is 6.48.